The van der Waals surface area contributed by atoms with E-state index >= 15 is 0 Å². The lowest BCUT2D eigenvalue weighted by Gasteiger charge is -2.03. The fourth-order valence-electron chi connectivity index (χ4n) is 1.76. The number of allylic oxidation sites excluding steroid dienone is 1. The summed E-state index contributed by atoms with van der Waals surface area (Å²) in [4.78, 5) is 0. The molecule has 0 fully saturated rings. The van der Waals surface area contributed by atoms with E-state index in [4.69, 9.17) is 11.2 Å². The van der Waals surface area contributed by atoms with Gasteiger partial charge in [-0.25, -0.2) is 0 Å². The van der Waals surface area contributed by atoms with Crippen molar-refractivity contribution in [2.45, 2.75) is 0 Å². The Morgan fingerprint density at radius 2 is 1.81 bits per heavy atom. The molecule has 2 aromatic carbocycles. The molecular weight excluding hydrogens is 326 g/mol. The number of nitriles is 1. The molecule has 0 aromatic heterocycles. The number of hydrogen-bond donors (Lipinski definition) is 0. The molecular formula is C18H12BrNO. The maximum atomic E-state index is 9.30. The zero-order valence-electron chi connectivity index (χ0n) is 11.2. The Hall–Kier alpha value is -2.49. The van der Waals surface area contributed by atoms with Crippen LogP contribution in [0.15, 0.2) is 53.0 Å². The zero-order valence-corrected chi connectivity index (χ0v) is 12.8. The normalized spacial score (nSPS) is 10.5. The molecule has 0 aliphatic carbocycles. The van der Waals surface area contributed by atoms with E-state index in [2.05, 4.69) is 27.9 Å². The van der Waals surface area contributed by atoms with Gasteiger partial charge in [0.05, 0.1) is 11.6 Å². The summed E-state index contributed by atoms with van der Waals surface area (Å²) in [6.45, 7) is 0.248. The van der Waals surface area contributed by atoms with E-state index in [-0.39, 0.29) is 6.61 Å². The second-order valence-corrected chi connectivity index (χ2v) is 5.15. The summed E-state index contributed by atoms with van der Waals surface area (Å²) in [5.74, 6) is 3.13. The molecule has 2 rings (SSSR count). The number of ether oxygens (including phenoxy) is 1. The number of terminal acetylenes is 1. The van der Waals surface area contributed by atoms with E-state index < -0.39 is 0 Å². The fraction of sp³-hybridized carbons (Fsp3) is 0.0556. The van der Waals surface area contributed by atoms with E-state index in [0.717, 1.165) is 15.6 Å². The molecule has 0 saturated carbocycles. The van der Waals surface area contributed by atoms with Crippen molar-refractivity contribution < 1.29 is 4.74 Å². The van der Waals surface area contributed by atoms with Gasteiger partial charge in [-0.2, -0.15) is 5.26 Å². The molecule has 0 unspecified atom stereocenters. The molecule has 0 amide bonds. The smallest absolute Gasteiger partial charge is 0.148 e. The third-order valence-corrected chi connectivity index (χ3v) is 3.32. The van der Waals surface area contributed by atoms with Crippen LogP contribution in [0.2, 0.25) is 0 Å². The van der Waals surface area contributed by atoms with Crippen LogP contribution in [-0.2, 0) is 0 Å². The molecule has 0 N–H and O–H groups in total. The van der Waals surface area contributed by atoms with Gasteiger partial charge in [-0.05, 0) is 41.5 Å². The highest BCUT2D eigenvalue weighted by atomic mass is 79.9. The van der Waals surface area contributed by atoms with E-state index in [9.17, 15) is 5.26 Å². The molecule has 0 spiro atoms. The van der Waals surface area contributed by atoms with Gasteiger partial charge in [0.15, 0.2) is 0 Å². The molecule has 0 saturated heterocycles. The maximum absolute atomic E-state index is 9.30. The SMILES string of the molecule is C#CCOc1ccc(/C=C(\C#N)c2ccc(Br)cc2)cc1. The minimum absolute atomic E-state index is 0.248. The van der Waals surface area contributed by atoms with Gasteiger partial charge >= 0.3 is 0 Å². The summed E-state index contributed by atoms with van der Waals surface area (Å²) in [7, 11) is 0. The molecule has 0 aliphatic rings. The first-order chi connectivity index (χ1) is 10.2. The van der Waals surface area contributed by atoms with E-state index in [1.54, 1.807) is 0 Å². The molecule has 0 heterocycles. The standard InChI is InChI=1S/C18H12BrNO/c1-2-11-21-18-9-3-14(4-10-18)12-16(13-20)15-5-7-17(19)8-6-15/h1,3-10,12H,11H2/b16-12+. The summed E-state index contributed by atoms with van der Waals surface area (Å²) in [6.07, 6.45) is 6.98. The molecule has 3 heteroatoms. The third-order valence-electron chi connectivity index (χ3n) is 2.79. The van der Waals surface area contributed by atoms with Gasteiger partial charge in [0.25, 0.3) is 0 Å². The molecule has 102 valence electrons. The van der Waals surface area contributed by atoms with Crippen LogP contribution in [0.25, 0.3) is 11.6 Å². The van der Waals surface area contributed by atoms with Crippen molar-refractivity contribution in [2.24, 2.45) is 0 Å². The van der Waals surface area contributed by atoms with Crippen LogP contribution in [0.1, 0.15) is 11.1 Å². The van der Waals surface area contributed by atoms with Crippen molar-refractivity contribution in [3.05, 3.63) is 64.1 Å². The van der Waals surface area contributed by atoms with Crippen LogP contribution in [0.5, 0.6) is 5.75 Å². The first-order valence-electron chi connectivity index (χ1n) is 6.27. The quantitative estimate of drug-likeness (QED) is 0.466. The fourth-order valence-corrected chi connectivity index (χ4v) is 2.03. The van der Waals surface area contributed by atoms with Crippen molar-refractivity contribution in [3.8, 4) is 24.2 Å². The average Bonchev–Trinajstić information content (AvgIpc) is 2.53. The van der Waals surface area contributed by atoms with Gasteiger partial charge in [0, 0.05) is 4.47 Å². The molecule has 0 atom stereocenters. The average molecular weight is 338 g/mol. The summed E-state index contributed by atoms with van der Waals surface area (Å²) in [6, 6.07) is 17.3. The number of rotatable bonds is 4. The van der Waals surface area contributed by atoms with Gasteiger partial charge in [0.2, 0.25) is 0 Å². The second kappa shape index (κ2) is 7.33. The van der Waals surface area contributed by atoms with Gasteiger partial charge in [0.1, 0.15) is 12.4 Å². The van der Waals surface area contributed by atoms with Crippen LogP contribution in [0.3, 0.4) is 0 Å². The van der Waals surface area contributed by atoms with Gasteiger partial charge in [-0.1, -0.05) is 46.1 Å². The van der Waals surface area contributed by atoms with Crippen LogP contribution < -0.4 is 4.74 Å². The van der Waals surface area contributed by atoms with Crippen molar-refractivity contribution in [1.29, 1.82) is 5.26 Å². The molecule has 2 aromatic rings. The van der Waals surface area contributed by atoms with Crippen molar-refractivity contribution in [3.63, 3.8) is 0 Å². The Morgan fingerprint density at radius 1 is 1.14 bits per heavy atom. The van der Waals surface area contributed by atoms with Gasteiger partial charge in [-0.3, -0.25) is 0 Å². The predicted molar refractivity (Wildman–Crippen MR) is 88.4 cm³/mol. The number of benzene rings is 2. The lowest BCUT2D eigenvalue weighted by molar-refractivity contribution is 0.370. The molecule has 2 nitrogen and oxygen atoms in total. The van der Waals surface area contributed by atoms with E-state index in [1.165, 1.54) is 0 Å². The largest absolute Gasteiger partial charge is 0.481 e. The van der Waals surface area contributed by atoms with Crippen LogP contribution in [-0.4, -0.2) is 6.61 Å². The highest BCUT2D eigenvalue weighted by Gasteiger charge is 2.01. The molecule has 0 radical (unpaired) electrons. The summed E-state index contributed by atoms with van der Waals surface area (Å²) >= 11 is 3.38. The lowest BCUT2D eigenvalue weighted by Crippen LogP contribution is -1.92. The van der Waals surface area contributed by atoms with Crippen molar-refractivity contribution >= 4 is 27.6 Å². The van der Waals surface area contributed by atoms with Gasteiger partial charge in [-0.15, -0.1) is 6.42 Å². The Balaban J connectivity index is 2.22. The van der Waals surface area contributed by atoms with Crippen LogP contribution >= 0.6 is 15.9 Å². The summed E-state index contributed by atoms with van der Waals surface area (Å²) < 4.78 is 6.30. The Bertz CT molecular complexity index is 716. The zero-order chi connectivity index (χ0) is 15.1. The first kappa shape index (κ1) is 14.9. The lowest BCUT2D eigenvalue weighted by atomic mass is 10.0. The Labute approximate surface area is 132 Å². The first-order valence-corrected chi connectivity index (χ1v) is 7.06. The minimum Gasteiger partial charge on any atom is -0.481 e. The summed E-state index contributed by atoms with van der Waals surface area (Å²) in [5.41, 5.74) is 2.43. The second-order valence-electron chi connectivity index (χ2n) is 4.24. The Kier molecular flexibility index (Phi) is 5.21. The van der Waals surface area contributed by atoms with E-state index in [1.807, 2.05) is 54.6 Å². The predicted octanol–water partition coefficient (Wildman–Crippen LogP) is 4.53. The van der Waals surface area contributed by atoms with Crippen molar-refractivity contribution in [1.82, 2.24) is 0 Å². The van der Waals surface area contributed by atoms with E-state index in [0.29, 0.717) is 11.3 Å². The van der Waals surface area contributed by atoms with Crippen LogP contribution in [0.4, 0.5) is 0 Å². The number of nitrogens with zero attached hydrogens (tertiary/aromatic N) is 1. The highest BCUT2D eigenvalue weighted by molar-refractivity contribution is 9.10. The molecule has 21 heavy (non-hydrogen) atoms. The number of halogens is 1. The third kappa shape index (κ3) is 4.24. The number of hydrogen-bond acceptors (Lipinski definition) is 2. The minimum atomic E-state index is 0.248. The Morgan fingerprint density at radius 3 is 2.38 bits per heavy atom. The van der Waals surface area contributed by atoms with Crippen molar-refractivity contribution in [2.75, 3.05) is 6.61 Å². The molecule has 0 bridgehead atoms. The topological polar surface area (TPSA) is 33.0 Å². The monoisotopic (exact) mass is 337 g/mol. The highest BCUT2D eigenvalue weighted by Crippen LogP contribution is 2.21. The van der Waals surface area contributed by atoms with Gasteiger partial charge < -0.3 is 4.74 Å². The molecule has 0 aliphatic heterocycles. The maximum Gasteiger partial charge on any atom is 0.148 e. The van der Waals surface area contributed by atoms with Crippen LogP contribution in [0, 0.1) is 23.7 Å². The summed E-state index contributed by atoms with van der Waals surface area (Å²) in [5, 5.41) is 9.30.